The van der Waals surface area contributed by atoms with Crippen molar-refractivity contribution >= 4 is 11.6 Å². The van der Waals surface area contributed by atoms with Gasteiger partial charge in [-0.05, 0) is 49.2 Å². The second kappa shape index (κ2) is 6.82. The lowest BCUT2D eigenvalue weighted by Gasteiger charge is -2.19. The summed E-state index contributed by atoms with van der Waals surface area (Å²) in [5.74, 6) is -0.331. The predicted molar refractivity (Wildman–Crippen MR) is 80.5 cm³/mol. The summed E-state index contributed by atoms with van der Waals surface area (Å²) in [4.78, 5) is 4.20. The molecule has 0 saturated carbocycles. The average molecular weight is 293 g/mol. The number of halogens is 2. The van der Waals surface area contributed by atoms with E-state index >= 15 is 0 Å². The van der Waals surface area contributed by atoms with Crippen LogP contribution in [-0.2, 0) is 6.42 Å². The molecule has 0 aliphatic carbocycles. The second-order valence-corrected chi connectivity index (χ2v) is 5.17. The molecule has 1 aromatic carbocycles. The van der Waals surface area contributed by atoms with Crippen molar-refractivity contribution in [3.8, 4) is 0 Å². The smallest absolute Gasteiger partial charge is 0.145 e. The Labute approximate surface area is 124 Å². The normalized spacial score (nSPS) is 12.4. The van der Waals surface area contributed by atoms with Gasteiger partial charge < -0.3 is 5.32 Å². The largest absolute Gasteiger partial charge is 0.310 e. The molecule has 0 radical (unpaired) electrons. The first kappa shape index (κ1) is 14.9. The summed E-state index contributed by atoms with van der Waals surface area (Å²) >= 11 is 5.84. The Hall–Kier alpha value is -1.45. The summed E-state index contributed by atoms with van der Waals surface area (Å²) in [6.07, 6.45) is 2.34. The molecule has 0 spiro atoms. The van der Waals surface area contributed by atoms with Gasteiger partial charge in [0.1, 0.15) is 5.82 Å². The van der Waals surface area contributed by atoms with Crippen LogP contribution in [0.1, 0.15) is 29.8 Å². The van der Waals surface area contributed by atoms with Gasteiger partial charge in [-0.25, -0.2) is 4.39 Å². The van der Waals surface area contributed by atoms with E-state index < -0.39 is 0 Å². The average Bonchev–Trinajstić information content (AvgIpc) is 2.43. The zero-order valence-electron chi connectivity index (χ0n) is 11.7. The SMILES string of the molecule is CCNC(Cc1cccc(Cl)c1F)c1ccnc(C)c1. The molecule has 1 heterocycles. The van der Waals surface area contributed by atoms with Crippen LogP contribution in [0, 0.1) is 12.7 Å². The van der Waals surface area contributed by atoms with Crippen molar-refractivity contribution in [1.82, 2.24) is 10.3 Å². The van der Waals surface area contributed by atoms with Gasteiger partial charge in [-0.15, -0.1) is 0 Å². The molecular formula is C16H18ClFN2. The molecule has 0 aliphatic rings. The van der Waals surface area contributed by atoms with E-state index in [0.717, 1.165) is 17.8 Å². The van der Waals surface area contributed by atoms with Gasteiger partial charge in [0.25, 0.3) is 0 Å². The maximum atomic E-state index is 14.0. The molecule has 4 heteroatoms. The van der Waals surface area contributed by atoms with Gasteiger partial charge in [0.05, 0.1) is 5.02 Å². The zero-order valence-corrected chi connectivity index (χ0v) is 12.4. The van der Waals surface area contributed by atoms with Gasteiger partial charge in [-0.2, -0.15) is 0 Å². The van der Waals surface area contributed by atoms with Crippen molar-refractivity contribution in [2.75, 3.05) is 6.54 Å². The predicted octanol–water partition coefficient (Wildman–Crippen LogP) is 4.08. The topological polar surface area (TPSA) is 24.9 Å². The first-order chi connectivity index (χ1) is 9.61. The van der Waals surface area contributed by atoms with Crippen LogP contribution in [0.2, 0.25) is 5.02 Å². The monoisotopic (exact) mass is 292 g/mol. The minimum atomic E-state index is -0.331. The van der Waals surface area contributed by atoms with Crippen LogP contribution in [0.5, 0.6) is 0 Å². The first-order valence-electron chi connectivity index (χ1n) is 6.70. The third kappa shape index (κ3) is 3.56. The Bertz CT molecular complexity index is 586. The van der Waals surface area contributed by atoms with Crippen LogP contribution in [0.4, 0.5) is 4.39 Å². The van der Waals surface area contributed by atoms with Crippen LogP contribution in [-0.4, -0.2) is 11.5 Å². The van der Waals surface area contributed by atoms with Crippen LogP contribution in [0.25, 0.3) is 0 Å². The highest BCUT2D eigenvalue weighted by Gasteiger charge is 2.15. The molecule has 20 heavy (non-hydrogen) atoms. The molecule has 2 rings (SSSR count). The van der Waals surface area contributed by atoms with Crippen molar-refractivity contribution in [2.45, 2.75) is 26.3 Å². The van der Waals surface area contributed by atoms with Crippen molar-refractivity contribution in [1.29, 1.82) is 0 Å². The number of pyridine rings is 1. The van der Waals surface area contributed by atoms with Gasteiger partial charge in [-0.3, -0.25) is 4.98 Å². The maximum absolute atomic E-state index is 14.0. The fourth-order valence-electron chi connectivity index (χ4n) is 2.26. The number of nitrogens with zero attached hydrogens (tertiary/aromatic N) is 1. The Morgan fingerprint density at radius 1 is 1.35 bits per heavy atom. The third-order valence-electron chi connectivity index (χ3n) is 3.23. The molecule has 0 fully saturated rings. The summed E-state index contributed by atoms with van der Waals surface area (Å²) in [7, 11) is 0. The summed E-state index contributed by atoms with van der Waals surface area (Å²) in [6, 6.07) is 9.16. The molecule has 106 valence electrons. The molecule has 2 aromatic rings. The molecule has 0 bridgehead atoms. The van der Waals surface area contributed by atoms with E-state index in [1.54, 1.807) is 24.4 Å². The first-order valence-corrected chi connectivity index (χ1v) is 7.08. The molecule has 0 amide bonds. The molecule has 0 aliphatic heterocycles. The molecule has 2 nitrogen and oxygen atoms in total. The Balaban J connectivity index is 2.28. The molecule has 1 N–H and O–H groups in total. The standard InChI is InChI=1S/C16H18ClFN2/c1-3-19-15(12-7-8-20-11(2)9-12)10-13-5-4-6-14(17)16(13)18/h4-9,15,19H,3,10H2,1-2H3. The third-order valence-corrected chi connectivity index (χ3v) is 3.52. The molecule has 1 unspecified atom stereocenters. The number of likely N-dealkylation sites (N-methyl/N-ethyl adjacent to an activating group) is 1. The maximum Gasteiger partial charge on any atom is 0.145 e. The lowest BCUT2D eigenvalue weighted by atomic mass is 9.98. The highest BCUT2D eigenvalue weighted by Crippen LogP contribution is 2.24. The number of nitrogens with one attached hydrogen (secondary N) is 1. The zero-order chi connectivity index (χ0) is 14.5. The van der Waals surface area contributed by atoms with Crippen LogP contribution in [0.15, 0.2) is 36.5 Å². The summed E-state index contributed by atoms with van der Waals surface area (Å²) in [5.41, 5.74) is 2.69. The highest BCUT2D eigenvalue weighted by molar-refractivity contribution is 6.30. The number of rotatable bonds is 5. The Morgan fingerprint density at radius 2 is 2.15 bits per heavy atom. The Kier molecular flexibility index (Phi) is 5.10. The molecule has 1 aromatic heterocycles. The molecule has 1 atom stereocenters. The van der Waals surface area contributed by atoms with Gasteiger partial charge in [-0.1, -0.05) is 30.7 Å². The van der Waals surface area contributed by atoms with E-state index in [1.807, 2.05) is 26.0 Å². The van der Waals surface area contributed by atoms with E-state index in [4.69, 9.17) is 11.6 Å². The Morgan fingerprint density at radius 3 is 2.85 bits per heavy atom. The van der Waals surface area contributed by atoms with Crippen LogP contribution < -0.4 is 5.32 Å². The van der Waals surface area contributed by atoms with E-state index in [0.29, 0.717) is 12.0 Å². The number of hydrogen-bond donors (Lipinski definition) is 1. The lowest BCUT2D eigenvalue weighted by molar-refractivity contribution is 0.527. The van der Waals surface area contributed by atoms with Gasteiger partial charge in [0.2, 0.25) is 0 Å². The number of hydrogen-bond acceptors (Lipinski definition) is 2. The van der Waals surface area contributed by atoms with E-state index in [1.165, 1.54) is 0 Å². The van der Waals surface area contributed by atoms with Crippen molar-refractivity contribution < 1.29 is 4.39 Å². The lowest BCUT2D eigenvalue weighted by Crippen LogP contribution is -2.23. The fraction of sp³-hybridized carbons (Fsp3) is 0.312. The molecule has 0 saturated heterocycles. The van der Waals surface area contributed by atoms with E-state index in [-0.39, 0.29) is 16.9 Å². The number of aromatic nitrogens is 1. The van der Waals surface area contributed by atoms with Crippen molar-refractivity contribution in [2.24, 2.45) is 0 Å². The highest BCUT2D eigenvalue weighted by atomic mass is 35.5. The minimum absolute atomic E-state index is 0.0506. The second-order valence-electron chi connectivity index (χ2n) is 4.76. The quantitative estimate of drug-likeness (QED) is 0.898. The van der Waals surface area contributed by atoms with Crippen molar-refractivity contribution in [3.63, 3.8) is 0 Å². The van der Waals surface area contributed by atoms with Crippen LogP contribution in [0.3, 0.4) is 0 Å². The fourth-order valence-corrected chi connectivity index (χ4v) is 2.46. The summed E-state index contributed by atoms with van der Waals surface area (Å²) < 4.78 is 14.0. The van der Waals surface area contributed by atoms with Crippen molar-refractivity contribution in [3.05, 3.63) is 64.2 Å². The number of aryl methyl sites for hydroxylation is 1. The summed E-state index contributed by atoms with van der Waals surface area (Å²) in [5, 5.41) is 3.55. The van der Waals surface area contributed by atoms with E-state index in [9.17, 15) is 4.39 Å². The van der Waals surface area contributed by atoms with E-state index in [2.05, 4.69) is 10.3 Å². The van der Waals surface area contributed by atoms with Gasteiger partial charge >= 0.3 is 0 Å². The summed E-state index contributed by atoms with van der Waals surface area (Å²) in [6.45, 7) is 4.80. The minimum Gasteiger partial charge on any atom is -0.310 e. The van der Waals surface area contributed by atoms with Gasteiger partial charge in [0.15, 0.2) is 0 Å². The van der Waals surface area contributed by atoms with Crippen LogP contribution >= 0.6 is 11.6 Å². The van der Waals surface area contributed by atoms with Gasteiger partial charge in [0, 0.05) is 17.9 Å². The molecular weight excluding hydrogens is 275 g/mol. The number of benzene rings is 1.